The highest BCUT2D eigenvalue weighted by atomic mass is 79.9. The number of nitrogen functional groups attached to an aromatic ring is 1. The van der Waals surface area contributed by atoms with Crippen molar-refractivity contribution >= 4 is 38.2 Å². The fraction of sp³-hybridized carbons (Fsp3) is 0.438. The maximum atomic E-state index is 6.11. The molecule has 1 heterocycles. The molecule has 0 amide bonds. The van der Waals surface area contributed by atoms with Gasteiger partial charge in [-0.3, -0.25) is 4.98 Å². The maximum absolute atomic E-state index is 6.11. The lowest BCUT2D eigenvalue weighted by atomic mass is 10.00. The Hall–Kier alpha value is -1.29. The van der Waals surface area contributed by atoms with Crippen molar-refractivity contribution in [3.05, 3.63) is 28.9 Å². The third-order valence-corrected chi connectivity index (χ3v) is 4.20. The average Bonchev–Trinajstić information content (AvgIpc) is 2.42. The van der Waals surface area contributed by atoms with Crippen LogP contribution in [0.3, 0.4) is 0 Å². The molecule has 2 unspecified atom stereocenters. The highest BCUT2D eigenvalue weighted by Crippen LogP contribution is 2.31. The molecular formula is C16H22BrN3. The van der Waals surface area contributed by atoms with Gasteiger partial charge in [0.25, 0.3) is 0 Å². The predicted molar refractivity (Wildman–Crippen MR) is 91.0 cm³/mol. The molecule has 0 spiro atoms. The number of fused-ring (bicyclic) bond motifs is 1. The first-order valence-corrected chi connectivity index (χ1v) is 7.90. The Kier molecular flexibility index (Phi) is 4.86. The van der Waals surface area contributed by atoms with Gasteiger partial charge in [0.15, 0.2) is 0 Å². The molecule has 0 saturated carbocycles. The zero-order valence-electron chi connectivity index (χ0n) is 12.3. The molecular weight excluding hydrogens is 314 g/mol. The Morgan fingerprint density at radius 1 is 1.35 bits per heavy atom. The van der Waals surface area contributed by atoms with Gasteiger partial charge in [0.2, 0.25) is 0 Å². The molecule has 0 saturated heterocycles. The van der Waals surface area contributed by atoms with Gasteiger partial charge in [-0.15, -0.1) is 0 Å². The van der Waals surface area contributed by atoms with Crippen LogP contribution in [-0.2, 0) is 0 Å². The summed E-state index contributed by atoms with van der Waals surface area (Å²) in [5.74, 6) is 0.707. The van der Waals surface area contributed by atoms with Crippen LogP contribution >= 0.6 is 15.9 Å². The molecule has 0 bridgehead atoms. The number of anilines is 2. The summed E-state index contributed by atoms with van der Waals surface area (Å²) in [5.41, 5.74) is 8.76. The summed E-state index contributed by atoms with van der Waals surface area (Å²) in [4.78, 5) is 4.38. The lowest BCUT2D eigenvalue weighted by Crippen LogP contribution is -2.19. The lowest BCUT2D eigenvalue weighted by molar-refractivity contribution is 0.484. The molecule has 0 aliphatic carbocycles. The van der Waals surface area contributed by atoms with E-state index >= 15 is 0 Å². The van der Waals surface area contributed by atoms with Gasteiger partial charge < -0.3 is 11.1 Å². The van der Waals surface area contributed by atoms with E-state index < -0.39 is 0 Å². The Bertz CT molecular complexity index is 592. The molecule has 2 atom stereocenters. The fourth-order valence-electron chi connectivity index (χ4n) is 2.42. The molecule has 0 aliphatic rings. The quantitative estimate of drug-likeness (QED) is 0.823. The first kappa shape index (κ1) is 15.1. The second kappa shape index (κ2) is 6.44. The van der Waals surface area contributed by atoms with E-state index in [2.05, 4.69) is 53.1 Å². The molecule has 1 aromatic carbocycles. The fourth-order valence-corrected chi connectivity index (χ4v) is 2.78. The summed E-state index contributed by atoms with van der Waals surface area (Å²) in [6, 6.07) is 6.45. The van der Waals surface area contributed by atoms with Gasteiger partial charge in [-0.05, 0) is 37.5 Å². The van der Waals surface area contributed by atoms with Gasteiger partial charge in [0.1, 0.15) is 0 Å². The number of pyridine rings is 1. The minimum atomic E-state index is 0.386. The molecule has 3 N–H and O–H groups in total. The first-order chi connectivity index (χ1) is 9.51. The standard InChI is InChI=1S/C16H22BrN3/c1-4-10(2)7-11(3)20-16-13-8-12(17)5-6-15(13)19-9-14(16)18/h5-6,8-11H,4,7,18H2,1-3H3,(H,19,20). The minimum absolute atomic E-state index is 0.386. The van der Waals surface area contributed by atoms with E-state index in [0.29, 0.717) is 17.6 Å². The van der Waals surface area contributed by atoms with Crippen LogP contribution in [0.15, 0.2) is 28.9 Å². The van der Waals surface area contributed by atoms with Crippen molar-refractivity contribution in [2.24, 2.45) is 5.92 Å². The molecule has 2 rings (SSSR count). The second-order valence-electron chi connectivity index (χ2n) is 5.54. The normalized spacial score (nSPS) is 14.2. The topological polar surface area (TPSA) is 50.9 Å². The number of aromatic nitrogens is 1. The predicted octanol–water partition coefficient (Wildman–Crippen LogP) is 4.82. The lowest BCUT2D eigenvalue weighted by Gasteiger charge is -2.21. The summed E-state index contributed by atoms with van der Waals surface area (Å²) in [5, 5.41) is 4.62. The Labute approximate surface area is 129 Å². The van der Waals surface area contributed by atoms with Crippen LogP contribution < -0.4 is 11.1 Å². The van der Waals surface area contributed by atoms with Gasteiger partial charge >= 0.3 is 0 Å². The summed E-state index contributed by atoms with van der Waals surface area (Å²) in [7, 11) is 0. The van der Waals surface area contributed by atoms with Crippen molar-refractivity contribution in [3.63, 3.8) is 0 Å². The van der Waals surface area contributed by atoms with Crippen LogP contribution in [-0.4, -0.2) is 11.0 Å². The van der Waals surface area contributed by atoms with Crippen molar-refractivity contribution < 1.29 is 0 Å². The van der Waals surface area contributed by atoms with Crippen LogP contribution in [0.25, 0.3) is 10.9 Å². The number of nitrogens with one attached hydrogen (secondary N) is 1. The number of nitrogens with two attached hydrogens (primary N) is 1. The largest absolute Gasteiger partial charge is 0.396 e. The van der Waals surface area contributed by atoms with Crippen LogP contribution in [0.1, 0.15) is 33.6 Å². The van der Waals surface area contributed by atoms with Crippen molar-refractivity contribution in [2.75, 3.05) is 11.1 Å². The third kappa shape index (κ3) is 3.42. The summed E-state index contributed by atoms with van der Waals surface area (Å²) in [6.07, 6.45) is 4.06. The minimum Gasteiger partial charge on any atom is -0.396 e. The number of rotatable bonds is 5. The molecule has 20 heavy (non-hydrogen) atoms. The van der Waals surface area contributed by atoms with Crippen molar-refractivity contribution in [3.8, 4) is 0 Å². The van der Waals surface area contributed by atoms with Crippen LogP contribution in [0.4, 0.5) is 11.4 Å². The summed E-state index contributed by atoms with van der Waals surface area (Å²) >= 11 is 3.51. The molecule has 0 fully saturated rings. The molecule has 0 aliphatic heterocycles. The van der Waals surface area contributed by atoms with Gasteiger partial charge in [-0.25, -0.2) is 0 Å². The van der Waals surface area contributed by atoms with Crippen molar-refractivity contribution in [1.29, 1.82) is 0 Å². The van der Waals surface area contributed by atoms with Crippen LogP contribution in [0.2, 0.25) is 0 Å². The Morgan fingerprint density at radius 2 is 2.10 bits per heavy atom. The number of halogens is 1. The van der Waals surface area contributed by atoms with Crippen molar-refractivity contribution in [1.82, 2.24) is 4.98 Å². The van der Waals surface area contributed by atoms with Gasteiger partial charge in [0.05, 0.1) is 23.1 Å². The van der Waals surface area contributed by atoms with E-state index in [1.165, 1.54) is 6.42 Å². The van der Waals surface area contributed by atoms with Gasteiger partial charge in [0, 0.05) is 15.9 Å². The third-order valence-electron chi connectivity index (χ3n) is 3.70. The molecule has 3 nitrogen and oxygen atoms in total. The number of benzene rings is 1. The van der Waals surface area contributed by atoms with Crippen molar-refractivity contribution in [2.45, 2.75) is 39.7 Å². The van der Waals surface area contributed by atoms with E-state index in [1.807, 2.05) is 12.1 Å². The van der Waals surface area contributed by atoms with Crippen LogP contribution in [0.5, 0.6) is 0 Å². The van der Waals surface area contributed by atoms with E-state index in [4.69, 9.17) is 5.73 Å². The zero-order valence-corrected chi connectivity index (χ0v) is 13.9. The second-order valence-corrected chi connectivity index (χ2v) is 6.46. The first-order valence-electron chi connectivity index (χ1n) is 7.11. The molecule has 108 valence electrons. The van der Waals surface area contributed by atoms with Crippen LogP contribution in [0, 0.1) is 5.92 Å². The molecule has 2 aromatic rings. The highest BCUT2D eigenvalue weighted by Gasteiger charge is 2.12. The Balaban J connectivity index is 2.32. The van der Waals surface area contributed by atoms with E-state index in [-0.39, 0.29) is 0 Å². The van der Waals surface area contributed by atoms with E-state index in [1.54, 1.807) is 6.20 Å². The van der Waals surface area contributed by atoms with E-state index in [0.717, 1.165) is 27.5 Å². The number of hydrogen-bond acceptors (Lipinski definition) is 3. The maximum Gasteiger partial charge on any atom is 0.0743 e. The zero-order chi connectivity index (χ0) is 14.7. The molecule has 4 heteroatoms. The number of hydrogen-bond donors (Lipinski definition) is 2. The smallest absolute Gasteiger partial charge is 0.0743 e. The number of nitrogens with zero attached hydrogens (tertiary/aromatic N) is 1. The monoisotopic (exact) mass is 335 g/mol. The Morgan fingerprint density at radius 3 is 2.80 bits per heavy atom. The van der Waals surface area contributed by atoms with E-state index in [9.17, 15) is 0 Å². The SMILES string of the molecule is CCC(C)CC(C)Nc1c(N)cnc2ccc(Br)cc12. The highest BCUT2D eigenvalue weighted by molar-refractivity contribution is 9.10. The average molecular weight is 336 g/mol. The molecule has 1 aromatic heterocycles. The summed E-state index contributed by atoms with van der Waals surface area (Å²) in [6.45, 7) is 6.71. The molecule has 0 radical (unpaired) electrons. The summed E-state index contributed by atoms with van der Waals surface area (Å²) < 4.78 is 1.04. The van der Waals surface area contributed by atoms with Gasteiger partial charge in [-0.1, -0.05) is 36.2 Å². The van der Waals surface area contributed by atoms with Gasteiger partial charge in [-0.2, -0.15) is 0 Å².